The van der Waals surface area contributed by atoms with Crippen molar-refractivity contribution < 1.29 is 9.47 Å². The third-order valence-electron chi connectivity index (χ3n) is 5.52. The molecule has 2 aromatic carbocycles. The maximum absolute atomic E-state index is 6.38. The molecule has 1 aromatic heterocycles. The summed E-state index contributed by atoms with van der Waals surface area (Å²) in [4.78, 5) is 13.5. The second kappa shape index (κ2) is 10.0. The van der Waals surface area contributed by atoms with Crippen LogP contribution in [0.5, 0.6) is 11.5 Å². The van der Waals surface area contributed by atoms with Crippen molar-refractivity contribution in [1.29, 1.82) is 0 Å². The summed E-state index contributed by atoms with van der Waals surface area (Å²) in [5.41, 5.74) is 9.03. The number of hydrogen-bond donors (Lipinski definition) is 3. The van der Waals surface area contributed by atoms with Crippen LogP contribution in [0.3, 0.4) is 0 Å². The number of piperazine rings is 1. The highest BCUT2D eigenvalue weighted by Gasteiger charge is 2.17. The molecule has 0 spiro atoms. The molecular weight excluding hydrogens is 442 g/mol. The SMILES string of the molecule is COc1ccc(N)cc1Nc1ncc(Cl)c(Nc2ccc(N3CCN(C)CC3)cc2OC)n1. The smallest absolute Gasteiger partial charge is 0.229 e. The highest BCUT2D eigenvalue weighted by Crippen LogP contribution is 2.35. The van der Waals surface area contributed by atoms with Crippen LogP contribution in [0.2, 0.25) is 5.02 Å². The van der Waals surface area contributed by atoms with Crippen LogP contribution in [-0.2, 0) is 0 Å². The minimum Gasteiger partial charge on any atom is -0.495 e. The van der Waals surface area contributed by atoms with Crippen molar-refractivity contribution in [2.24, 2.45) is 0 Å². The zero-order valence-corrected chi connectivity index (χ0v) is 19.7. The first-order valence-corrected chi connectivity index (χ1v) is 11.0. The lowest BCUT2D eigenvalue weighted by Gasteiger charge is -2.34. The topological polar surface area (TPSA) is 101 Å². The van der Waals surface area contributed by atoms with Crippen LogP contribution in [0, 0.1) is 0 Å². The van der Waals surface area contributed by atoms with Gasteiger partial charge in [0.15, 0.2) is 5.82 Å². The Hall–Kier alpha value is -3.43. The van der Waals surface area contributed by atoms with Crippen LogP contribution < -0.4 is 30.7 Å². The summed E-state index contributed by atoms with van der Waals surface area (Å²) in [7, 11) is 5.38. The lowest BCUT2D eigenvalue weighted by atomic mass is 10.2. The number of nitrogens with two attached hydrogens (primary N) is 1. The Balaban J connectivity index is 1.56. The number of nitrogen functional groups attached to an aromatic ring is 1. The molecular formula is C23H28ClN7O2. The maximum Gasteiger partial charge on any atom is 0.229 e. The van der Waals surface area contributed by atoms with E-state index in [9.17, 15) is 0 Å². The summed E-state index contributed by atoms with van der Waals surface area (Å²) in [5.74, 6) is 2.12. The fourth-order valence-corrected chi connectivity index (χ4v) is 3.77. The summed E-state index contributed by atoms with van der Waals surface area (Å²) in [6, 6.07) is 11.4. The number of likely N-dealkylation sites (N-methyl/N-ethyl adjacent to an activating group) is 1. The van der Waals surface area contributed by atoms with E-state index in [-0.39, 0.29) is 0 Å². The van der Waals surface area contributed by atoms with Gasteiger partial charge >= 0.3 is 0 Å². The van der Waals surface area contributed by atoms with Crippen LogP contribution in [0.25, 0.3) is 0 Å². The quantitative estimate of drug-likeness (QED) is 0.443. The van der Waals surface area contributed by atoms with Crippen molar-refractivity contribution in [3.63, 3.8) is 0 Å². The number of methoxy groups -OCH3 is 2. The monoisotopic (exact) mass is 469 g/mol. The summed E-state index contributed by atoms with van der Waals surface area (Å²) in [6.45, 7) is 4.03. The van der Waals surface area contributed by atoms with Gasteiger partial charge in [-0.05, 0) is 37.4 Å². The molecule has 3 aromatic rings. The van der Waals surface area contributed by atoms with Crippen LogP contribution in [-0.4, -0.2) is 62.3 Å². The molecule has 1 fully saturated rings. The first-order chi connectivity index (χ1) is 16.0. The predicted molar refractivity (Wildman–Crippen MR) is 134 cm³/mol. The molecule has 174 valence electrons. The maximum atomic E-state index is 6.38. The van der Waals surface area contributed by atoms with E-state index in [1.807, 2.05) is 12.1 Å². The van der Waals surface area contributed by atoms with Crippen LogP contribution >= 0.6 is 11.6 Å². The highest BCUT2D eigenvalue weighted by molar-refractivity contribution is 6.33. The molecule has 33 heavy (non-hydrogen) atoms. The van der Waals surface area contributed by atoms with Crippen LogP contribution in [0.4, 0.5) is 34.5 Å². The molecule has 0 bridgehead atoms. The minimum absolute atomic E-state index is 0.346. The van der Waals surface area contributed by atoms with Gasteiger partial charge in [-0.2, -0.15) is 4.98 Å². The van der Waals surface area contributed by atoms with Crippen molar-refractivity contribution in [2.75, 3.05) is 68.7 Å². The van der Waals surface area contributed by atoms with E-state index in [1.54, 1.807) is 32.4 Å². The lowest BCUT2D eigenvalue weighted by molar-refractivity contribution is 0.312. The summed E-state index contributed by atoms with van der Waals surface area (Å²) >= 11 is 6.38. The Kier molecular flexibility index (Phi) is 6.90. The predicted octanol–water partition coefficient (Wildman–Crippen LogP) is 3.97. The van der Waals surface area contributed by atoms with Gasteiger partial charge in [-0.25, -0.2) is 4.98 Å². The molecule has 1 aliphatic heterocycles. The molecule has 0 aliphatic carbocycles. The van der Waals surface area contributed by atoms with Gasteiger partial charge in [0.2, 0.25) is 5.95 Å². The zero-order chi connectivity index (χ0) is 23.4. The van der Waals surface area contributed by atoms with E-state index in [2.05, 4.69) is 43.5 Å². The van der Waals surface area contributed by atoms with Crippen molar-refractivity contribution in [3.8, 4) is 11.5 Å². The molecule has 4 N–H and O–H groups in total. The van der Waals surface area contributed by atoms with Gasteiger partial charge in [0.05, 0.1) is 31.8 Å². The number of halogens is 1. The minimum atomic E-state index is 0.346. The van der Waals surface area contributed by atoms with Gasteiger partial charge in [-0.1, -0.05) is 11.6 Å². The normalized spacial score (nSPS) is 14.1. The largest absolute Gasteiger partial charge is 0.495 e. The van der Waals surface area contributed by atoms with Crippen molar-refractivity contribution in [3.05, 3.63) is 47.6 Å². The lowest BCUT2D eigenvalue weighted by Crippen LogP contribution is -2.44. The van der Waals surface area contributed by atoms with E-state index in [4.69, 9.17) is 26.8 Å². The van der Waals surface area contributed by atoms with E-state index >= 15 is 0 Å². The van der Waals surface area contributed by atoms with Gasteiger partial charge in [0, 0.05) is 43.6 Å². The average Bonchev–Trinajstić information content (AvgIpc) is 2.82. The summed E-state index contributed by atoms with van der Waals surface area (Å²) in [5, 5.41) is 6.78. The third-order valence-corrected chi connectivity index (χ3v) is 5.80. The van der Waals surface area contributed by atoms with Gasteiger partial charge < -0.3 is 35.6 Å². The van der Waals surface area contributed by atoms with E-state index in [0.29, 0.717) is 39.7 Å². The van der Waals surface area contributed by atoms with E-state index < -0.39 is 0 Å². The molecule has 0 radical (unpaired) electrons. The Morgan fingerprint density at radius 1 is 0.939 bits per heavy atom. The Bertz CT molecular complexity index is 1120. The molecule has 0 amide bonds. The van der Waals surface area contributed by atoms with Crippen molar-refractivity contribution in [2.45, 2.75) is 0 Å². The Morgan fingerprint density at radius 3 is 2.42 bits per heavy atom. The molecule has 1 saturated heterocycles. The fourth-order valence-electron chi connectivity index (χ4n) is 3.63. The number of nitrogens with one attached hydrogen (secondary N) is 2. The van der Waals surface area contributed by atoms with E-state index in [1.165, 1.54) is 6.20 Å². The number of benzene rings is 2. The molecule has 0 unspecified atom stereocenters. The number of nitrogens with zero attached hydrogens (tertiary/aromatic N) is 4. The molecule has 2 heterocycles. The first kappa shape index (κ1) is 22.8. The molecule has 0 saturated carbocycles. The molecule has 10 heteroatoms. The van der Waals surface area contributed by atoms with Gasteiger partial charge in [0.1, 0.15) is 16.5 Å². The first-order valence-electron chi connectivity index (χ1n) is 10.6. The second-order valence-electron chi connectivity index (χ2n) is 7.77. The van der Waals surface area contributed by atoms with Crippen LogP contribution in [0.15, 0.2) is 42.6 Å². The molecule has 1 aliphatic rings. The highest BCUT2D eigenvalue weighted by atomic mass is 35.5. The number of aromatic nitrogens is 2. The molecule has 0 atom stereocenters. The standard InChI is InChI=1S/C23H28ClN7O2/c1-30-8-10-31(11-9-30)16-5-6-18(21(13-16)33-3)27-22-17(24)14-26-23(29-22)28-19-12-15(25)4-7-20(19)32-2/h4-7,12-14H,8-11,25H2,1-3H3,(H2,26,27,28,29). The summed E-state index contributed by atoms with van der Waals surface area (Å²) in [6.07, 6.45) is 1.53. The van der Waals surface area contributed by atoms with Crippen molar-refractivity contribution in [1.82, 2.24) is 14.9 Å². The zero-order valence-electron chi connectivity index (χ0n) is 18.9. The van der Waals surface area contributed by atoms with Crippen molar-refractivity contribution >= 4 is 46.1 Å². The van der Waals surface area contributed by atoms with Gasteiger partial charge in [0.25, 0.3) is 0 Å². The molecule has 9 nitrogen and oxygen atoms in total. The van der Waals surface area contributed by atoms with Gasteiger partial charge in [-0.15, -0.1) is 0 Å². The number of ether oxygens (including phenoxy) is 2. The second-order valence-corrected chi connectivity index (χ2v) is 8.18. The Morgan fingerprint density at radius 2 is 1.70 bits per heavy atom. The van der Waals surface area contributed by atoms with Crippen LogP contribution in [0.1, 0.15) is 0 Å². The summed E-state index contributed by atoms with van der Waals surface area (Å²) < 4.78 is 11.0. The molecule has 4 rings (SSSR count). The average molecular weight is 470 g/mol. The third kappa shape index (κ3) is 5.32. The van der Waals surface area contributed by atoms with Gasteiger partial charge in [-0.3, -0.25) is 0 Å². The number of anilines is 6. The number of rotatable bonds is 7. The number of hydrogen-bond acceptors (Lipinski definition) is 9. The van der Waals surface area contributed by atoms with E-state index in [0.717, 1.165) is 37.6 Å². The Labute approximate surface area is 198 Å². The fraction of sp³-hybridized carbons (Fsp3) is 0.304.